The summed E-state index contributed by atoms with van der Waals surface area (Å²) >= 11 is 3.28. The van der Waals surface area contributed by atoms with Crippen LogP contribution in [0.1, 0.15) is 25.7 Å². The first kappa shape index (κ1) is 12.4. The Balaban J connectivity index is 1.54. The summed E-state index contributed by atoms with van der Waals surface area (Å²) in [5, 5.41) is 3.66. The monoisotopic (exact) mass is 310 g/mol. The van der Waals surface area contributed by atoms with Crippen LogP contribution in [0.5, 0.6) is 0 Å². The van der Waals surface area contributed by atoms with Gasteiger partial charge in [-0.2, -0.15) is 0 Å². The van der Waals surface area contributed by atoms with Gasteiger partial charge in [-0.3, -0.25) is 4.79 Å². The zero-order valence-corrected chi connectivity index (χ0v) is 12.0. The molecule has 0 saturated heterocycles. The van der Waals surface area contributed by atoms with E-state index in [1.54, 1.807) is 10.6 Å². The standard InChI is InChI=1S/C14H19BrN2O/c15-12-2-1-8-17(14(12)18)9-7-16-13(10-3-4-10)11-5-6-11/h1-2,8,10-11,13,16H,3-7,9H2. The lowest BCUT2D eigenvalue weighted by atomic mass is 10.1. The number of nitrogens with one attached hydrogen (secondary N) is 1. The quantitative estimate of drug-likeness (QED) is 0.875. The van der Waals surface area contributed by atoms with E-state index in [0.29, 0.717) is 10.5 Å². The molecule has 3 rings (SSSR count). The maximum atomic E-state index is 11.8. The highest BCUT2D eigenvalue weighted by Gasteiger charge is 2.40. The highest BCUT2D eigenvalue weighted by Crippen LogP contribution is 2.44. The molecule has 0 unspecified atom stereocenters. The number of hydrogen-bond donors (Lipinski definition) is 1. The van der Waals surface area contributed by atoms with Gasteiger partial charge in [0.2, 0.25) is 0 Å². The van der Waals surface area contributed by atoms with Gasteiger partial charge in [0.15, 0.2) is 0 Å². The molecule has 0 radical (unpaired) electrons. The zero-order valence-electron chi connectivity index (χ0n) is 10.4. The fraction of sp³-hybridized carbons (Fsp3) is 0.643. The van der Waals surface area contributed by atoms with E-state index in [-0.39, 0.29) is 5.56 Å². The Morgan fingerprint density at radius 2 is 2.00 bits per heavy atom. The molecule has 2 fully saturated rings. The minimum atomic E-state index is 0.0636. The predicted octanol–water partition coefficient (Wildman–Crippen LogP) is 2.39. The Kier molecular flexibility index (Phi) is 3.57. The van der Waals surface area contributed by atoms with E-state index in [4.69, 9.17) is 0 Å². The third-order valence-electron chi connectivity index (χ3n) is 3.97. The predicted molar refractivity (Wildman–Crippen MR) is 75.6 cm³/mol. The molecule has 1 N–H and O–H groups in total. The topological polar surface area (TPSA) is 34.0 Å². The molecule has 1 heterocycles. The number of halogens is 1. The first-order chi connectivity index (χ1) is 8.75. The maximum absolute atomic E-state index is 11.8. The summed E-state index contributed by atoms with van der Waals surface area (Å²) in [6.45, 7) is 1.65. The van der Waals surface area contributed by atoms with Crippen molar-refractivity contribution in [2.45, 2.75) is 38.3 Å². The Hall–Kier alpha value is -0.610. The molecule has 0 aromatic carbocycles. The molecule has 0 spiro atoms. The van der Waals surface area contributed by atoms with E-state index in [1.165, 1.54) is 25.7 Å². The summed E-state index contributed by atoms with van der Waals surface area (Å²) in [7, 11) is 0. The van der Waals surface area contributed by atoms with Crippen molar-refractivity contribution in [3.05, 3.63) is 33.2 Å². The minimum absolute atomic E-state index is 0.0636. The van der Waals surface area contributed by atoms with E-state index in [9.17, 15) is 4.79 Å². The van der Waals surface area contributed by atoms with E-state index >= 15 is 0 Å². The van der Waals surface area contributed by atoms with Crippen LogP contribution in [0.15, 0.2) is 27.6 Å². The van der Waals surface area contributed by atoms with Gasteiger partial charge in [-0.1, -0.05) is 0 Å². The van der Waals surface area contributed by atoms with Gasteiger partial charge < -0.3 is 9.88 Å². The van der Waals surface area contributed by atoms with Crippen LogP contribution in [-0.2, 0) is 6.54 Å². The van der Waals surface area contributed by atoms with Crippen LogP contribution in [0.4, 0.5) is 0 Å². The second-order valence-corrected chi connectivity index (χ2v) is 6.36. The highest BCUT2D eigenvalue weighted by atomic mass is 79.9. The molecule has 0 amide bonds. The fourth-order valence-corrected chi connectivity index (χ4v) is 3.04. The molecular weight excluding hydrogens is 292 g/mol. The van der Waals surface area contributed by atoms with Gasteiger partial charge in [-0.25, -0.2) is 0 Å². The summed E-state index contributed by atoms with van der Waals surface area (Å²) in [6, 6.07) is 4.42. The van der Waals surface area contributed by atoms with Crippen molar-refractivity contribution in [1.82, 2.24) is 9.88 Å². The van der Waals surface area contributed by atoms with E-state index in [1.807, 2.05) is 12.3 Å². The third-order valence-corrected chi connectivity index (χ3v) is 4.57. The number of aromatic nitrogens is 1. The SMILES string of the molecule is O=c1c(Br)cccn1CCNC(C1CC1)C1CC1. The van der Waals surface area contributed by atoms with E-state index < -0.39 is 0 Å². The zero-order chi connectivity index (χ0) is 12.5. The molecule has 18 heavy (non-hydrogen) atoms. The Morgan fingerprint density at radius 3 is 2.61 bits per heavy atom. The lowest BCUT2D eigenvalue weighted by Gasteiger charge is -2.18. The number of nitrogens with zero attached hydrogens (tertiary/aromatic N) is 1. The van der Waals surface area contributed by atoms with E-state index in [2.05, 4.69) is 21.2 Å². The smallest absolute Gasteiger partial charge is 0.264 e. The van der Waals surface area contributed by atoms with Crippen molar-refractivity contribution in [1.29, 1.82) is 0 Å². The molecular formula is C14H19BrN2O. The molecule has 0 bridgehead atoms. The van der Waals surface area contributed by atoms with Gasteiger partial charge in [-0.05, 0) is 65.6 Å². The van der Waals surface area contributed by atoms with Crippen LogP contribution in [-0.4, -0.2) is 17.2 Å². The van der Waals surface area contributed by atoms with E-state index in [0.717, 1.165) is 24.9 Å². The van der Waals surface area contributed by atoms with Crippen molar-refractivity contribution >= 4 is 15.9 Å². The van der Waals surface area contributed by atoms with Crippen molar-refractivity contribution in [3.63, 3.8) is 0 Å². The van der Waals surface area contributed by atoms with Gasteiger partial charge in [0, 0.05) is 25.3 Å². The van der Waals surface area contributed by atoms with Crippen LogP contribution in [0.3, 0.4) is 0 Å². The summed E-state index contributed by atoms with van der Waals surface area (Å²) in [4.78, 5) is 11.8. The molecule has 2 saturated carbocycles. The van der Waals surface area contributed by atoms with Crippen LogP contribution in [0, 0.1) is 11.8 Å². The Labute approximate surface area is 116 Å². The first-order valence-electron chi connectivity index (χ1n) is 6.84. The normalized spacial score (nSPS) is 19.4. The summed E-state index contributed by atoms with van der Waals surface area (Å²) in [5.41, 5.74) is 0.0636. The van der Waals surface area contributed by atoms with Crippen molar-refractivity contribution in [2.75, 3.05) is 6.54 Å². The maximum Gasteiger partial charge on any atom is 0.264 e. The molecule has 3 nitrogen and oxygen atoms in total. The van der Waals surface area contributed by atoms with Crippen molar-refractivity contribution in [2.24, 2.45) is 11.8 Å². The van der Waals surface area contributed by atoms with Crippen molar-refractivity contribution < 1.29 is 0 Å². The number of hydrogen-bond acceptors (Lipinski definition) is 2. The third kappa shape index (κ3) is 2.86. The molecule has 98 valence electrons. The van der Waals surface area contributed by atoms with Crippen LogP contribution in [0.25, 0.3) is 0 Å². The molecule has 2 aliphatic carbocycles. The lowest BCUT2D eigenvalue weighted by Crippen LogP contribution is -2.36. The largest absolute Gasteiger partial charge is 0.313 e. The first-order valence-corrected chi connectivity index (χ1v) is 7.63. The average molecular weight is 311 g/mol. The lowest BCUT2D eigenvalue weighted by molar-refractivity contribution is 0.405. The highest BCUT2D eigenvalue weighted by molar-refractivity contribution is 9.10. The summed E-state index contributed by atoms with van der Waals surface area (Å²) in [6.07, 6.45) is 7.43. The van der Waals surface area contributed by atoms with Gasteiger partial charge in [0.05, 0.1) is 4.47 Å². The molecule has 0 atom stereocenters. The van der Waals surface area contributed by atoms with Gasteiger partial charge in [-0.15, -0.1) is 0 Å². The summed E-state index contributed by atoms with van der Waals surface area (Å²) < 4.78 is 2.42. The van der Waals surface area contributed by atoms with Crippen LogP contribution < -0.4 is 10.9 Å². The summed E-state index contributed by atoms with van der Waals surface area (Å²) in [5.74, 6) is 1.83. The van der Waals surface area contributed by atoms with Crippen LogP contribution >= 0.6 is 15.9 Å². The van der Waals surface area contributed by atoms with Crippen molar-refractivity contribution in [3.8, 4) is 0 Å². The Morgan fingerprint density at radius 1 is 1.33 bits per heavy atom. The van der Waals surface area contributed by atoms with Crippen LogP contribution in [0.2, 0.25) is 0 Å². The number of rotatable bonds is 6. The molecule has 1 aromatic rings. The molecule has 0 aliphatic heterocycles. The fourth-order valence-electron chi connectivity index (χ4n) is 2.66. The Bertz CT molecular complexity index is 465. The van der Waals surface area contributed by atoms with Gasteiger partial charge in [0.1, 0.15) is 0 Å². The van der Waals surface area contributed by atoms with Gasteiger partial charge >= 0.3 is 0 Å². The second kappa shape index (κ2) is 5.17. The molecule has 1 aromatic heterocycles. The molecule has 4 heteroatoms. The number of pyridine rings is 1. The minimum Gasteiger partial charge on any atom is -0.313 e. The second-order valence-electron chi connectivity index (χ2n) is 5.51. The van der Waals surface area contributed by atoms with Gasteiger partial charge in [0.25, 0.3) is 5.56 Å². The average Bonchev–Trinajstić information content (AvgIpc) is 3.23. The molecule has 2 aliphatic rings.